The van der Waals surface area contributed by atoms with Gasteiger partial charge in [-0.15, -0.1) is 0 Å². The molecule has 0 radical (unpaired) electrons. The second-order valence-corrected chi connectivity index (χ2v) is 4.47. The van der Waals surface area contributed by atoms with Gasteiger partial charge in [-0.3, -0.25) is 0 Å². The molecule has 0 spiro atoms. The summed E-state index contributed by atoms with van der Waals surface area (Å²) in [5, 5.41) is 11.3. The Balaban J connectivity index is 2.03. The summed E-state index contributed by atoms with van der Waals surface area (Å²) in [6.07, 6.45) is 0.769. The van der Waals surface area contributed by atoms with E-state index < -0.39 is 0 Å². The molecule has 0 aromatic carbocycles. The average Bonchev–Trinajstić information content (AvgIpc) is 2.86. The molecule has 4 nitrogen and oxygen atoms in total. The maximum absolute atomic E-state index is 5.21. The van der Waals surface area contributed by atoms with Crippen LogP contribution in [0.25, 0.3) is 11.4 Å². The number of nitrogens with one attached hydrogen (secondary N) is 1. The first-order valence-electron chi connectivity index (χ1n) is 5.38. The summed E-state index contributed by atoms with van der Waals surface area (Å²) in [5.74, 6) is 1.37. The van der Waals surface area contributed by atoms with Crippen LogP contribution < -0.4 is 5.32 Å². The zero-order chi connectivity index (χ0) is 11.4. The molecule has 1 atom stereocenters. The maximum atomic E-state index is 5.21. The van der Waals surface area contributed by atoms with Crippen LogP contribution in [0.4, 0.5) is 0 Å². The van der Waals surface area contributed by atoms with Crippen molar-refractivity contribution in [1.29, 1.82) is 0 Å². The number of hydrogen-bond donors (Lipinski definition) is 1. The monoisotopic (exact) mass is 237 g/mol. The molecule has 0 aliphatic carbocycles. The van der Waals surface area contributed by atoms with Crippen LogP contribution >= 0.6 is 11.3 Å². The Labute approximate surface area is 98.7 Å². The van der Waals surface area contributed by atoms with E-state index in [0.29, 0.717) is 17.8 Å². The molecule has 0 amide bonds. The Morgan fingerprint density at radius 2 is 2.44 bits per heavy atom. The molecule has 86 valence electrons. The first kappa shape index (κ1) is 11.3. The van der Waals surface area contributed by atoms with Gasteiger partial charge < -0.3 is 9.84 Å². The fourth-order valence-corrected chi connectivity index (χ4v) is 2.16. The number of aromatic nitrogens is 2. The van der Waals surface area contributed by atoms with Crippen LogP contribution in [-0.2, 0) is 6.42 Å². The lowest BCUT2D eigenvalue weighted by atomic mass is 10.2. The van der Waals surface area contributed by atoms with Crippen LogP contribution in [0.15, 0.2) is 21.3 Å². The second-order valence-electron chi connectivity index (χ2n) is 3.69. The molecule has 0 fully saturated rings. The fourth-order valence-electron chi connectivity index (χ4n) is 1.53. The molecule has 0 aliphatic heterocycles. The van der Waals surface area contributed by atoms with Crippen LogP contribution in [0.3, 0.4) is 0 Å². The van der Waals surface area contributed by atoms with E-state index in [0.717, 1.165) is 18.5 Å². The van der Waals surface area contributed by atoms with Gasteiger partial charge in [0.1, 0.15) is 0 Å². The van der Waals surface area contributed by atoms with E-state index in [2.05, 4.69) is 29.3 Å². The number of likely N-dealkylation sites (N-methyl/N-ethyl adjacent to an activating group) is 1. The highest BCUT2D eigenvalue weighted by atomic mass is 32.1. The molecule has 1 N–H and O–H groups in total. The zero-order valence-corrected chi connectivity index (χ0v) is 10.3. The van der Waals surface area contributed by atoms with E-state index in [9.17, 15) is 0 Å². The minimum absolute atomic E-state index is 0.362. The number of nitrogens with zero attached hydrogens (tertiary/aromatic N) is 2. The molecule has 2 rings (SSSR count). The van der Waals surface area contributed by atoms with Gasteiger partial charge in [0, 0.05) is 23.4 Å². The topological polar surface area (TPSA) is 51.0 Å². The minimum atomic E-state index is 0.362. The largest absolute Gasteiger partial charge is 0.339 e. The highest BCUT2D eigenvalue weighted by Gasteiger charge is 2.11. The molecular formula is C11H15N3OS. The van der Waals surface area contributed by atoms with Crippen molar-refractivity contribution in [2.24, 2.45) is 0 Å². The van der Waals surface area contributed by atoms with Crippen LogP contribution in [-0.4, -0.2) is 22.7 Å². The third kappa shape index (κ3) is 2.68. The van der Waals surface area contributed by atoms with E-state index in [-0.39, 0.29) is 0 Å². The lowest BCUT2D eigenvalue weighted by Crippen LogP contribution is -2.27. The Hall–Kier alpha value is -1.20. The van der Waals surface area contributed by atoms with Gasteiger partial charge in [0.15, 0.2) is 0 Å². The van der Waals surface area contributed by atoms with E-state index in [4.69, 9.17) is 4.52 Å². The average molecular weight is 237 g/mol. The maximum Gasteiger partial charge on any atom is 0.228 e. The van der Waals surface area contributed by atoms with Crippen LogP contribution in [0.2, 0.25) is 0 Å². The lowest BCUT2D eigenvalue weighted by molar-refractivity contribution is 0.363. The summed E-state index contributed by atoms with van der Waals surface area (Å²) < 4.78 is 5.21. The predicted octanol–water partition coefficient (Wildman–Crippen LogP) is 2.34. The number of hydrogen-bond acceptors (Lipinski definition) is 5. The van der Waals surface area contributed by atoms with Crippen molar-refractivity contribution in [2.75, 3.05) is 6.54 Å². The molecule has 2 aromatic heterocycles. The van der Waals surface area contributed by atoms with Gasteiger partial charge in [0.05, 0.1) is 0 Å². The van der Waals surface area contributed by atoms with E-state index in [1.54, 1.807) is 11.3 Å². The van der Waals surface area contributed by atoms with E-state index in [1.165, 1.54) is 0 Å². The van der Waals surface area contributed by atoms with Crippen molar-refractivity contribution in [3.05, 3.63) is 22.7 Å². The van der Waals surface area contributed by atoms with Crippen LogP contribution in [0.5, 0.6) is 0 Å². The third-order valence-electron chi connectivity index (χ3n) is 2.28. The van der Waals surface area contributed by atoms with Crippen molar-refractivity contribution in [1.82, 2.24) is 15.5 Å². The summed E-state index contributed by atoms with van der Waals surface area (Å²) in [6, 6.07) is 2.35. The van der Waals surface area contributed by atoms with E-state index >= 15 is 0 Å². The Bertz CT molecular complexity index is 424. The SMILES string of the molecule is CCNC(C)Cc1nc(-c2ccsc2)no1. The molecule has 0 bridgehead atoms. The van der Waals surface area contributed by atoms with E-state index in [1.807, 2.05) is 16.8 Å². The number of rotatable bonds is 5. The summed E-state index contributed by atoms with van der Waals surface area (Å²) in [7, 11) is 0. The minimum Gasteiger partial charge on any atom is -0.339 e. The molecule has 0 aliphatic rings. The summed E-state index contributed by atoms with van der Waals surface area (Å²) in [5.41, 5.74) is 1.02. The Kier molecular flexibility index (Phi) is 3.69. The first-order chi connectivity index (χ1) is 7.79. The molecule has 2 heterocycles. The summed E-state index contributed by atoms with van der Waals surface area (Å²) in [6.45, 7) is 5.14. The van der Waals surface area contributed by atoms with Gasteiger partial charge in [0.25, 0.3) is 0 Å². The van der Waals surface area contributed by atoms with Gasteiger partial charge >= 0.3 is 0 Å². The zero-order valence-electron chi connectivity index (χ0n) is 9.43. The lowest BCUT2D eigenvalue weighted by Gasteiger charge is -2.07. The molecule has 0 saturated heterocycles. The predicted molar refractivity (Wildman–Crippen MR) is 64.5 cm³/mol. The van der Waals surface area contributed by atoms with Gasteiger partial charge in [-0.1, -0.05) is 12.1 Å². The Morgan fingerprint density at radius 3 is 3.12 bits per heavy atom. The van der Waals surface area contributed by atoms with Gasteiger partial charge in [0.2, 0.25) is 11.7 Å². The van der Waals surface area contributed by atoms with Gasteiger partial charge in [-0.25, -0.2) is 0 Å². The standard InChI is InChI=1S/C11H15N3OS/c1-3-12-8(2)6-10-13-11(14-15-10)9-4-5-16-7-9/h4-5,7-8,12H,3,6H2,1-2H3. The van der Waals surface area contributed by atoms with Crippen molar-refractivity contribution in [3.8, 4) is 11.4 Å². The van der Waals surface area contributed by atoms with Crippen molar-refractivity contribution >= 4 is 11.3 Å². The summed E-state index contributed by atoms with van der Waals surface area (Å²) >= 11 is 1.63. The third-order valence-corrected chi connectivity index (χ3v) is 2.96. The van der Waals surface area contributed by atoms with Crippen molar-refractivity contribution < 1.29 is 4.52 Å². The Morgan fingerprint density at radius 1 is 1.56 bits per heavy atom. The molecule has 16 heavy (non-hydrogen) atoms. The molecular weight excluding hydrogens is 222 g/mol. The highest BCUT2D eigenvalue weighted by molar-refractivity contribution is 7.08. The normalized spacial score (nSPS) is 12.9. The quantitative estimate of drug-likeness (QED) is 0.867. The summed E-state index contributed by atoms with van der Waals surface area (Å²) in [4.78, 5) is 4.36. The molecule has 0 saturated carbocycles. The van der Waals surface area contributed by atoms with Crippen LogP contribution in [0.1, 0.15) is 19.7 Å². The van der Waals surface area contributed by atoms with Crippen molar-refractivity contribution in [2.45, 2.75) is 26.3 Å². The first-order valence-corrected chi connectivity index (χ1v) is 6.32. The van der Waals surface area contributed by atoms with Gasteiger partial charge in [-0.05, 0) is 24.9 Å². The molecule has 2 aromatic rings. The fraction of sp³-hybridized carbons (Fsp3) is 0.455. The van der Waals surface area contributed by atoms with Crippen molar-refractivity contribution in [3.63, 3.8) is 0 Å². The second kappa shape index (κ2) is 5.23. The highest BCUT2D eigenvalue weighted by Crippen LogP contribution is 2.18. The molecule has 5 heteroatoms. The smallest absolute Gasteiger partial charge is 0.228 e. The van der Waals surface area contributed by atoms with Gasteiger partial charge in [-0.2, -0.15) is 16.3 Å². The number of thiophene rings is 1. The molecule has 1 unspecified atom stereocenters. The van der Waals surface area contributed by atoms with Crippen LogP contribution in [0, 0.1) is 0 Å².